The molecule has 1 aromatic carbocycles. The Morgan fingerprint density at radius 2 is 2.15 bits per heavy atom. The topological polar surface area (TPSA) is 23.9 Å². The molecule has 1 aromatic rings. The minimum Gasteiger partial charge on any atom is -0.313 e. The zero-order chi connectivity index (χ0) is 9.52. The first kappa shape index (κ1) is 9.97. The van der Waals surface area contributed by atoms with Gasteiger partial charge in [0.05, 0.1) is 0 Å². The molecule has 0 radical (unpaired) electrons. The highest BCUT2D eigenvalue weighted by molar-refractivity contribution is 5.52. The van der Waals surface area contributed by atoms with Crippen LogP contribution in [0.1, 0.15) is 30.4 Å². The first-order valence-electron chi connectivity index (χ1n) is 4.87. The van der Waals surface area contributed by atoms with Crippen LogP contribution in [0.25, 0.3) is 0 Å². The van der Waals surface area contributed by atoms with Crippen LogP contribution in [0.4, 0.5) is 0 Å². The molecule has 1 N–H and O–H groups in total. The third kappa shape index (κ3) is 3.88. The molecule has 1 heteroatoms. The second kappa shape index (κ2) is 5.52. The van der Waals surface area contributed by atoms with Gasteiger partial charge in [0, 0.05) is 0 Å². The molecule has 0 aliphatic heterocycles. The first-order valence-corrected chi connectivity index (χ1v) is 4.87. The van der Waals surface area contributed by atoms with Gasteiger partial charge in [0.1, 0.15) is 0 Å². The zero-order valence-electron chi connectivity index (χ0n) is 8.22. The van der Waals surface area contributed by atoms with E-state index in [4.69, 9.17) is 5.41 Å². The first-order chi connectivity index (χ1) is 6.33. The van der Waals surface area contributed by atoms with Gasteiger partial charge in [-0.3, -0.25) is 0 Å². The molecule has 0 aliphatic carbocycles. The van der Waals surface area contributed by atoms with Crippen LogP contribution in [-0.2, 0) is 6.42 Å². The van der Waals surface area contributed by atoms with Crippen LogP contribution < -0.4 is 0 Å². The van der Waals surface area contributed by atoms with E-state index in [9.17, 15) is 0 Å². The average Bonchev–Trinajstić information content (AvgIpc) is 2.13. The average molecular weight is 175 g/mol. The van der Waals surface area contributed by atoms with Crippen molar-refractivity contribution in [1.82, 2.24) is 0 Å². The van der Waals surface area contributed by atoms with Gasteiger partial charge in [0.25, 0.3) is 0 Å². The van der Waals surface area contributed by atoms with Crippen LogP contribution in [0, 0.1) is 12.3 Å². The number of rotatable bonds is 5. The third-order valence-electron chi connectivity index (χ3n) is 2.15. The van der Waals surface area contributed by atoms with Gasteiger partial charge in [-0.15, -0.1) is 0 Å². The Kier molecular flexibility index (Phi) is 4.24. The number of aryl methyl sites for hydroxylation is 2. The largest absolute Gasteiger partial charge is 0.313 e. The number of hydrogen-bond donors (Lipinski definition) is 1. The minimum absolute atomic E-state index is 0.922. The Labute approximate surface area is 80.3 Å². The summed E-state index contributed by atoms with van der Waals surface area (Å²) >= 11 is 0. The fraction of sp³-hybridized carbons (Fsp3) is 0.417. The Hall–Kier alpha value is -1.11. The molecule has 0 saturated heterocycles. The summed E-state index contributed by atoms with van der Waals surface area (Å²) < 4.78 is 0. The summed E-state index contributed by atoms with van der Waals surface area (Å²) in [6.07, 6.45) is 5.90. The minimum atomic E-state index is 0.922. The molecule has 0 heterocycles. The SMILES string of the molecule is Cc1cccc(CCCCC=N)c1. The molecule has 0 atom stereocenters. The van der Waals surface area contributed by atoms with E-state index in [1.807, 2.05) is 0 Å². The summed E-state index contributed by atoms with van der Waals surface area (Å²) in [6, 6.07) is 8.66. The molecule has 0 aromatic heterocycles. The van der Waals surface area contributed by atoms with Crippen LogP contribution in [0.3, 0.4) is 0 Å². The maximum absolute atomic E-state index is 6.89. The van der Waals surface area contributed by atoms with E-state index in [0.717, 1.165) is 19.3 Å². The van der Waals surface area contributed by atoms with Crippen molar-refractivity contribution in [3.8, 4) is 0 Å². The Bertz CT molecular complexity index is 266. The smallest absolute Gasteiger partial charge is 0.00477 e. The number of nitrogens with one attached hydrogen (secondary N) is 1. The highest BCUT2D eigenvalue weighted by Crippen LogP contribution is 2.08. The van der Waals surface area contributed by atoms with Gasteiger partial charge in [-0.1, -0.05) is 29.8 Å². The molecule has 0 fully saturated rings. The zero-order valence-corrected chi connectivity index (χ0v) is 8.22. The van der Waals surface area contributed by atoms with Gasteiger partial charge < -0.3 is 5.41 Å². The van der Waals surface area contributed by atoms with E-state index < -0.39 is 0 Å². The highest BCUT2D eigenvalue weighted by atomic mass is 14.3. The maximum Gasteiger partial charge on any atom is -0.00477 e. The number of unbranched alkanes of at least 4 members (excludes halogenated alkanes) is 2. The quantitative estimate of drug-likeness (QED) is 0.524. The molecule has 0 spiro atoms. The Morgan fingerprint density at radius 3 is 2.85 bits per heavy atom. The summed E-state index contributed by atoms with van der Waals surface area (Å²) in [5.41, 5.74) is 2.76. The van der Waals surface area contributed by atoms with Crippen molar-refractivity contribution < 1.29 is 0 Å². The Balaban J connectivity index is 2.32. The lowest BCUT2D eigenvalue weighted by molar-refractivity contribution is 0.765. The normalized spacial score (nSPS) is 9.92. The lowest BCUT2D eigenvalue weighted by atomic mass is 10.1. The molecular weight excluding hydrogens is 158 g/mol. The predicted molar refractivity (Wildman–Crippen MR) is 57.5 cm³/mol. The van der Waals surface area contributed by atoms with E-state index in [1.54, 1.807) is 0 Å². The predicted octanol–water partition coefficient (Wildman–Crippen LogP) is 3.36. The van der Waals surface area contributed by atoms with Crippen molar-refractivity contribution in [2.45, 2.75) is 32.6 Å². The maximum atomic E-state index is 6.89. The van der Waals surface area contributed by atoms with Crippen LogP contribution >= 0.6 is 0 Å². The van der Waals surface area contributed by atoms with Gasteiger partial charge >= 0.3 is 0 Å². The third-order valence-corrected chi connectivity index (χ3v) is 2.15. The monoisotopic (exact) mass is 175 g/mol. The molecule has 0 amide bonds. The summed E-state index contributed by atoms with van der Waals surface area (Å²) in [5, 5.41) is 6.89. The van der Waals surface area contributed by atoms with Crippen molar-refractivity contribution >= 4 is 6.21 Å². The summed E-state index contributed by atoms with van der Waals surface area (Å²) in [5.74, 6) is 0. The molecular formula is C12H17N. The second-order valence-corrected chi connectivity index (χ2v) is 3.44. The summed E-state index contributed by atoms with van der Waals surface area (Å²) in [6.45, 7) is 2.13. The molecule has 70 valence electrons. The standard InChI is InChI=1S/C12H17N/c1-11-6-5-8-12(10-11)7-3-2-4-9-13/h5-6,8-10,13H,2-4,7H2,1H3. The molecule has 1 rings (SSSR count). The summed E-state index contributed by atoms with van der Waals surface area (Å²) in [4.78, 5) is 0. The van der Waals surface area contributed by atoms with Crippen molar-refractivity contribution in [1.29, 1.82) is 5.41 Å². The van der Waals surface area contributed by atoms with Crippen molar-refractivity contribution in [3.05, 3.63) is 35.4 Å². The van der Waals surface area contributed by atoms with Gasteiger partial charge in [-0.05, 0) is 44.4 Å². The Morgan fingerprint density at radius 1 is 1.31 bits per heavy atom. The fourth-order valence-corrected chi connectivity index (χ4v) is 1.44. The van der Waals surface area contributed by atoms with E-state index >= 15 is 0 Å². The van der Waals surface area contributed by atoms with Crippen LogP contribution in [0.15, 0.2) is 24.3 Å². The van der Waals surface area contributed by atoms with Gasteiger partial charge in [-0.2, -0.15) is 0 Å². The molecule has 0 aliphatic rings. The van der Waals surface area contributed by atoms with Gasteiger partial charge in [0.15, 0.2) is 0 Å². The summed E-state index contributed by atoms with van der Waals surface area (Å²) in [7, 11) is 0. The van der Waals surface area contributed by atoms with Crippen molar-refractivity contribution in [2.24, 2.45) is 0 Å². The molecule has 1 nitrogen and oxygen atoms in total. The molecule has 13 heavy (non-hydrogen) atoms. The van der Waals surface area contributed by atoms with Crippen LogP contribution in [-0.4, -0.2) is 6.21 Å². The highest BCUT2D eigenvalue weighted by Gasteiger charge is 1.92. The van der Waals surface area contributed by atoms with Gasteiger partial charge in [0.2, 0.25) is 0 Å². The number of benzene rings is 1. The lowest BCUT2D eigenvalue weighted by Crippen LogP contribution is -1.86. The van der Waals surface area contributed by atoms with E-state index in [0.29, 0.717) is 0 Å². The van der Waals surface area contributed by atoms with Crippen LogP contribution in [0.2, 0.25) is 0 Å². The van der Waals surface area contributed by atoms with Crippen LogP contribution in [0.5, 0.6) is 0 Å². The van der Waals surface area contributed by atoms with Crippen molar-refractivity contribution in [3.63, 3.8) is 0 Å². The molecule has 0 bridgehead atoms. The van der Waals surface area contributed by atoms with E-state index in [1.165, 1.54) is 23.8 Å². The molecule has 0 unspecified atom stereocenters. The molecule has 0 saturated carbocycles. The van der Waals surface area contributed by atoms with Gasteiger partial charge in [-0.25, -0.2) is 0 Å². The number of hydrogen-bond acceptors (Lipinski definition) is 1. The lowest BCUT2D eigenvalue weighted by Gasteiger charge is -2.01. The van der Waals surface area contributed by atoms with E-state index in [2.05, 4.69) is 31.2 Å². The van der Waals surface area contributed by atoms with E-state index in [-0.39, 0.29) is 0 Å². The fourth-order valence-electron chi connectivity index (χ4n) is 1.44. The van der Waals surface area contributed by atoms with Crippen molar-refractivity contribution in [2.75, 3.05) is 0 Å². The second-order valence-electron chi connectivity index (χ2n) is 3.44.